The normalized spacial score (nSPS) is 16.6. The number of benzene rings is 1. The van der Waals surface area contributed by atoms with Gasteiger partial charge >= 0.3 is 0 Å². The largest absolute Gasteiger partial charge is 0.270 e. The minimum Gasteiger partial charge on any atom is -0.268 e. The summed E-state index contributed by atoms with van der Waals surface area (Å²) >= 11 is 18.6. The third-order valence-electron chi connectivity index (χ3n) is 2.93. The highest BCUT2D eigenvalue weighted by molar-refractivity contribution is 8.27. The fraction of sp³-hybridized carbons (Fsp3) is 0. The number of anilines is 1. The molecule has 3 nitrogen and oxygen atoms in total. The van der Waals surface area contributed by atoms with Gasteiger partial charge in [-0.3, -0.25) is 14.7 Å². The molecule has 0 aliphatic carbocycles. The second-order valence-electron chi connectivity index (χ2n) is 4.40. The molecule has 7 heteroatoms. The summed E-state index contributed by atoms with van der Waals surface area (Å²) in [6.45, 7) is 0. The standard InChI is InChI=1S/C15H8Cl2N2OS2/c16-10-3-4-12(11(17)7-10)19-14(20)13(22-15(19)21)6-9-2-1-5-18-8-9/h1-8H/b13-6-. The van der Waals surface area contributed by atoms with Gasteiger partial charge in [-0.15, -0.1) is 0 Å². The van der Waals surface area contributed by atoms with E-state index in [1.165, 1.54) is 16.7 Å². The van der Waals surface area contributed by atoms with E-state index in [4.69, 9.17) is 35.4 Å². The topological polar surface area (TPSA) is 33.2 Å². The second-order valence-corrected chi connectivity index (χ2v) is 6.92. The Morgan fingerprint density at radius 1 is 1.27 bits per heavy atom. The first-order valence-electron chi connectivity index (χ1n) is 6.19. The molecule has 1 aliphatic heterocycles. The van der Waals surface area contributed by atoms with Crippen molar-refractivity contribution in [2.24, 2.45) is 0 Å². The molecule has 2 heterocycles. The van der Waals surface area contributed by atoms with Crippen LogP contribution in [0.1, 0.15) is 5.56 Å². The third kappa shape index (κ3) is 3.03. The van der Waals surface area contributed by atoms with Crippen molar-refractivity contribution < 1.29 is 4.79 Å². The Morgan fingerprint density at radius 3 is 2.77 bits per heavy atom. The van der Waals surface area contributed by atoms with Crippen molar-refractivity contribution in [1.82, 2.24) is 4.98 Å². The zero-order chi connectivity index (χ0) is 15.7. The number of halogens is 2. The lowest BCUT2D eigenvalue weighted by molar-refractivity contribution is -0.113. The number of thiocarbonyl (C=S) groups is 1. The van der Waals surface area contributed by atoms with Gasteiger partial charge in [0.25, 0.3) is 5.91 Å². The molecule has 1 aromatic carbocycles. The number of carbonyl (C=O) groups is 1. The molecule has 1 amide bonds. The number of carbonyl (C=O) groups excluding carboxylic acids is 1. The monoisotopic (exact) mass is 366 g/mol. The van der Waals surface area contributed by atoms with E-state index < -0.39 is 0 Å². The number of aromatic nitrogens is 1. The third-order valence-corrected chi connectivity index (χ3v) is 4.77. The molecule has 110 valence electrons. The number of amides is 1. The summed E-state index contributed by atoms with van der Waals surface area (Å²) in [5.74, 6) is -0.205. The minimum absolute atomic E-state index is 0.205. The Labute approximate surface area is 146 Å². The molecule has 2 aromatic rings. The summed E-state index contributed by atoms with van der Waals surface area (Å²) in [6.07, 6.45) is 5.12. The zero-order valence-electron chi connectivity index (χ0n) is 11.0. The Bertz CT molecular complexity index is 793. The quantitative estimate of drug-likeness (QED) is 0.564. The fourth-order valence-electron chi connectivity index (χ4n) is 1.95. The van der Waals surface area contributed by atoms with Gasteiger partial charge in [0, 0.05) is 17.4 Å². The molecule has 0 bridgehead atoms. The van der Waals surface area contributed by atoms with Crippen molar-refractivity contribution >= 4 is 69.2 Å². The van der Waals surface area contributed by atoms with E-state index in [-0.39, 0.29) is 5.91 Å². The van der Waals surface area contributed by atoms with Gasteiger partial charge < -0.3 is 0 Å². The van der Waals surface area contributed by atoms with Crippen molar-refractivity contribution in [3.63, 3.8) is 0 Å². The first kappa shape index (κ1) is 15.5. The summed E-state index contributed by atoms with van der Waals surface area (Å²) in [6, 6.07) is 8.62. The maximum atomic E-state index is 12.6. The summed E-state index contributed by atoms with van der Waals surface area (Å²) < 4.78 is 0.435. The van der Waals surface area contributed by atoms with Crippen LogP contribution in [0.2, 0.25) is 10.0 Å². The summed E-state index contributed by atoms with van der Waals surface area (Å²) in [7, 11) is 0. The van der Waals surface area contributed by atoms with Crippen LogP contribution in [0.25, 0.3) is 6.08 Å². The van der Waals surface area contributed by atoms with E-state index in [1.54, 1.807) is 36.7 Å². The first-order chi connectivity index (χ1) is 10.6. The predicted octanol–water partition coefficient (Wildman–Crippen LogP) is 4.79. The van der Waals surface area contributed by atoms with E-state index in [9.17, 15) is 4.79 Å². The Hall–Kier alpha value is -1.40. The smallest absolute Gasteiger partial charge is 0.268 e. The predicted molar refractivity (Wildman–Crippen MR) is 96.4 cm³/mol. The fourth-order valence-corrected chi connectivity index (χ4v) is 3.73. The summed E-state index contributed by atoms with van der Waals surface area (Å²) in [5, 5.41) is 0.886. The SMILES string of the molecule is O=C1/C(=C/c2cccnc2)SC(=S)N1c1ccc(Cl)cc1Cl. The van der Waals surface area contributed by atoms with Crippen LogP contribution in [-0.2, 0) is 4.79 Å². The molecule has 1 saturated heterocycles. The van der Waals surface area contributed by atoms with E-state index in [0.717, 1.165) is 5.56 Å². The number of thioether (sulfide) groups is 1. The molecular formula is C15H8Cl2N2OS2. The lowest BCUT2D eigenvalue weighted by atomic mass is 10.2. The van der Waals surface area contributed by atoms with Crippen LogP contribution in [0.5, 0.6) is 0 Å². The maximum Gasteiger partial charge on any atom is 0.270 e. The van der Waals surface area contributed by atoms with Crippen LogP contribution in [0.4, 0.5) is 5.69 Å². The van der Waals surface area contributed by atoms with Crippen molar-refractivity contribution in [1.29, 1.82) is 0 Å². The van der Waals surface area contributed by atoms with Crippen LogP contribution in [0.15, 0.2) is 47.6 Å². The highest BCUT2D eigenvalue weighted by Crippen LogP contribution is 2.39. The van der Waals surface area contributed by atoms with E-state index in [1.807, 2.05) is 12.1 Å². The number of hydrogen-bond acceptors (Lipinski definition) is 4. The Balaban J connectivity index is 1.97. The van der Waals surface area contributed by atoms with Crippen LogP contribution < -0.4 is 4.90 Å². The molecular weight excluding hydrogens is 359 g/mol. The van der Waals surface area contributed by atoms with Crippen molar-refractivity contribution in [3.8, 4) is 0 Å². The Morgan fingerprint density at radius 2 is 2.09 bits per heavy atom. The number of rotatable bonds is 2. The minimum atomic E-state index is -0.205. The van der Waals surface area contributed by atoms with E-state index in [0.29, 0.717) is 25.0 Å². The van der Waals surface area contributed by atoms with Gasteiger partial charge in [0.15, 0.2) is 4.32 Å². The maximum absolute atomic E-state index is 12.6. The van der Waals surface area contributed by atoms with Gasteiger partial charge in [-0.1, -0.05) is 53.2 Å². The average Bonchev–Trinajstić information content (AvgIpc) is 2.75. The van der Waals surface area contributed by atoms with Crippen molar-refractivity contribution in [2.75, 3.05) is 4.90 Å². The molecule has 1 aliphatic rings. The molecule has 0 atom stereocenters. The van der Waals surface area contributed by atoms with Crippen LogP contribution in [-0.4, -0.2) is 15.2 Å². The van der Waals surface area contributed by atoms with Crippen LogP contribution in [0, 0.1) is 0 Å². The molecule has 0 unspecified atom stereocenters. The first-order valence-corrected chi connectivity index (χ1v) is 8.17. The molecule has 0 N–H and O–H groups in total. The van der Waals surface area contributed by atoms with Crippen LogP contribution in [0.3, 0.4) is 0 Å². The van der Waals surface area contributed by atoms with Crippen molar-refractivity contribution in [3.05, 3.63) is 63.2 Å². The van der Waals surface area contributed by atoms with Gasteiger partial charge in [0.1, 0.15) is 0 Å². The summed E-state index contributed by atoms with van der Waals surface area (Å²) in [5.41, 5.74) is 1.37. The van der Waals surface area contributed by atoms with E-state index in [2.05, 4.69) is 4.98 Å². The van der Waals surface area contributed by atoms with Gasteiger partial charge in [-0.05, 0) is 35.9 Å². The van der Waals surface area contributed by atoms with Gasteiger partial charge in [0.05, 0.1) is 15.6 Å². The highest BCUT2D eigenvalue weighted by atomic mass is 35.5. The molecule has 1 aromatic heterocycles. The molecule has 3 rings (SSSR count). The van der Waals surface area contributed by atoms with Gasteiger partial charge in [0.2, 0.25) is 0 Å². The van der Waals surface area contributed by atoms with Gasteiger partial charge in [-0.2, -0.15) is 0 Å². The molecule has 0 radical (unpaired) electrons. The molecule has 1 fully saturated rings. The molecule has 0 spiro atoms. The molecule has 22 heavy (non-hydrogen) atoms. The average molecular weight is 367 g/mol. The Kier molecular flexibility index (Phi) is 4.49. The lowest BCUT2D eigenvalue weighted by Crippen LogP contribution is -2.27. The number of nitrogens with zero attached hydrogens (tertiary/aromatic N) is 2. The van der Waals surface area contributed by atoms with Gasteiger partial charge in [-0.25, -0.2) is 0 Å². The lowest BCUT2D eigenvalue weighted by Gasteiger charge is -2.16. The van der Waals surface area contributed by atoms with E-state index >= 15 is 0 Å². The molecule has 0 saturated carbocycles. The number of hydrogen-bond donors (Lipinski definition) is 0. The van der Waals surface area contributed by atoms with Crippen LogP contribution >= 0.6 is 47.2 Å². The second kappa shape index (κ2) is 6.38. The summed E-state index contributed by atoms with van der Waals surface area (Å²) in [4.78, 5) is 18.6. The number of pyridine rings is 1. The zero-order valence-corrected chi connectivity index (χ0v) is 14.1. The highest BCUT2D eigenvalue weighted by Gasteiger charge is 2.34. The van der Waals surface area contributed by atoms with Crippen molar-refractivity contribution in [2.45, 2.75) is 0 Å².